The van der Waals surface area contributed by atoms with Gasteiger partial charge >= 0.3 is 0 Å². The maximum Gasteiger partial charge on any atom is 0.258 e. The Hall–Kier alpha value is -2.63. The second kappa shape index (κ2) is 7.58. The highest BCUT2D eigenvalue weighted by Crippen LogP contribution is 2.17. The lowest BCUT2D eigenvalue weighted by Gasteiger charge is -2.13. The summed E-state index contributed by atoms with van der Waals surface area (Å²) in [7, 11) is 3.89. The molecule has 0 aliphatic heterocycles. The Labute approximate surface area is 133 Å². The quantitative estimate of drug-likeness (QED) is 0.890. The van der Waals surface area contributed by atoms with Crippen molar-refractivity contribution in [1.29, 1.82) is 0 Å². The number of carbonyl (C=O) groups excluding carboxylic acids is 1. The van der Waals surface area contributed by atoms with Crippen LogP contribution in [0.4, 0.5) is 14.5 Å². The van der Waals surface area contributed by atoms with E-state index in [1.54, 1.807) is 0 Å². The van der Waals surface area contributed by atoms with Crippen molar-refractivity contribution >= 4 is 11.6 Å². The van der Waals surface area contributed by atoms with Gasteiger partial charge in [-0.3, -0.25) is 4.79 Å². The van der Waals surface area contributed by atoms with Gasteiger partial charge in [0.15, 0.2) is 18.2 Å². The number of rotatable bonds is 6. The number of nitrogens with zero attached hydrogens (tertiary/aromatic N) is 1. The van der Waals surface area contributed by atoms with Crippen molar-refractivity contribution < 1.29 is 18.3 Å². The molecule has 1 amide bonds. The topological polar surface area (TPSA) is 41.6 Å². The summed E-state index contributed by atoms with van der Waals surface area (Å²) in [6, 6.07) is 10.7. The molecule has 2 aromatic carbocycles. The predicted molar refractivity (Wildman–Crippen MR) is 84.5 cm³/mol. The molecular formula is C17H18F2N2O2. The van der Waals surface area contributed by atoms with Crippen LogP contribution in [0.3, 0.4) is 0 Å². The number of halogens is 2. The van der Waals surface area contributed by atoms with Gasteiger partial charge in [0, 0.05) is 32.4 Å². The lowest BCUT2D eigenvalue weighted by molar-refractivity contribution is -0.123. The molecule has 0 saturated heterocycles. The second-order valence-corrected chi connectivity index (χ2v) is 5.20. The summed E-state index contributed by atoms with van der Waals surface area (Å²) in [6.07, 6.45) is 0. The van der Waals surface area contributed by atoms with Crippen LogP contribution in [0.2, 0.25) is 0 Å². The van der Waals surface area contributed by atoms with Crippen molar-refractivity contribution in [3.63, 3.8) is 0 Å². The standard InChI is InChI=1S/C17H18F2N2O2/c1-21(2)14-6-3-12(4-7-14)10-20-17(22)11-23-16-8-5-13(18)9-15(16)19/h3-9H,10-11H2,1-2H3,(H,20,22). The van der Waals surface area contributed by atoms with Crippen LogP contribution in [0.5, 0.6) is 5.75 Å². The largest absolute Gasteiger partial charge is 0.481 e. The molecule has 122 valence electrons. The van der Waals surface area contributed by atoms with E-state index in [9.17, 15) is 13.6 Å². The minimum absolute atomic E-state index is 0.156. The Bertz CT molecular complexity index is 673. The molecule has 0 heterocycles. The van der Waals surface area contributed by atoms with Crippen LogP contribution in [0.15, 0.2) is 42.5 Å². The van der Waals surface area contributed by atoms with Gasteiger partial charge in [0.1, 0.15) is 5.82 Å². The molecule has 0 fully saturated rings. The third-order valence-corrected chi connectivity index (χ3v) is 3.20. The molecule has 0 saturated carbocycles. The summed E-state index contributed by atoms with van der Waals surface area (Å²) in [5.41, 5.74) is 2.01. The molecule has 1 N–H and O–H groups in total. The SMILES string of the molecule is CN(C)c1ccc(CNC(=O)COc2ccc(F)cc2F)cc1. The van der Waals surface area contributed by atoms with Crippen molar-refractivity contribution in [3.05, 3.63) is 59.7 Å². The molecule has 0 atom stereocenters. The summed E-state index contributed by atoms with van der Waals surface area (Å²) >= 11 is 0. The van der Waals surface area contributed by atoms with Gasteiger partial charge in [0.05, 0.1) is 0 Å². The molecule has 0 aliphatic carbocycles. The number of carbonyl (C=O) groups is 1. The normalized spacial score (nSPS) is 10.3. The van der Waals surface area contributed by atoms with Gasteiger partial charge in [-0.1, -0.05) is 12.1 Å². The fourth-order valence-electron chi connectivity index (χ4n) is 1.90. The van der Waals surface area contributed by atoms with Crippen molar-refractivity contribution in [2.24, 2.45) is 0 Å². The minimum atomic E-state index is -0.836. The summed E-state index contributed by atoms with van der Waals surface area (Å²) < 4.78 is 31.1. The first-order valence-electron chi connectivity index (χ1n) is 7.06. The molecule has 0 radical (unpaired) electrons. The van der Waals surface area contributed by atoms with E-state index in [1.807, 2.05) is 43.3 Å². The van der Waals surface area contributed by atoms with Crippen LogP contribution >= 0.6 is 0 Å². The molecule has 0 spiro atoms. The number of amides is 1. The van der Waals surface area contributed by atoms with Crippen molar-refractivity contribution in [1.82, 2.24) is 5.32 Å². The third kappa shape index (κ3) is 4.95. The molecule has 0 aliphatic rings. The van der Waals surface area contributed by atoms with E-state index < -0.39 is 11.6 Å². The molecule has 6 heteroatoms. The zero-order valence-corrected chi connectivity index (χ0v) is 13.0. The molecule has 4 nitrogen and oxygen atoms in total. The lowest BCUT2D eigenvalue weighted by Crippen LogP contribution is -2.28. The average molecular weight is 320 g/mol. The first-order valence-corrected chi connectivity index (χ1v) is 7.06. The average Bonchev–Trinajstić information content (AvgIpc) is 2.52. The molecular weight excluding hydrogens is 302 g/mol. The third-order valence-electron chi connectivity index (χ3n) is 3.20. The van der Waals surface area contributed by atoms with E-state index in [4.69, 9.17) is 4.74 Å². The van der Waals surface area contributed by atoms with E-state index >= 15 is 0 Å². The van der Waals surface area contributed by atoms with Crippen LogP contribution in [0.1, 0.15) is 5.56 Å². The first-order chi connectivity index (χ1) is 11.0. The number of hydrogen-bond donors (Lipinski definition) is 1. The van der Waals surface area contributed by atoms with Crippen LogP contribution < -0.4 is 15.0 Å². The fourth-order valence-corrected chi connectivity index (χ4v) is 1.90. The van der Waals surface area contributed by atoms with E-state index in [0.29, 0.717) is 12.6 Å². The van der Waals surface area contributed by atoms with Gasteiger partial charge in [0.2, 0.25) is 0 Å². The highest BCUT2D eigenvalue weighted by Gasteiger charge is 2.08. The Balaban J connectivity index is 1.80. The summed E-state index contributed by atoms with van der Waals surface area (Å²) in [5, 5.41) is 2.67. The number of nitrogens with one attached hydrogen (secondary N) is 1. The van der Waals surface area contributed by atoms with Crippen molar-refractivity contribution in [2.45, 2.75) is 6.54 Å². The van der Waals surface area contributed by atoms with Crippen LogP contribution in [0, 0.1) is 11.6 Å². The van der Waals surface area contributed by atoms with E-state index in [0.717, 1.165) is 23.4 Å². The van der Waals surface area contributed by atoms with Gasteiger partial charge < -0.3 is 15.0 Å². The zero-order valence-electron chi connectivity index (χ0n) is 13.0. The summed E-state index contributed by atoms with van der Waals surface area (Å²) in [6.45, 7) is 0.0140. The monoisotopic (exact) mass is 320 g/mol. The Morgan fingerprint density at radius 3 is 2.43 bits per heavy atom. The zero-order chi connectivity index (χ0) is 16.8. The molecule has 0 aromatic heterocycles. The van der Waals surface area contributed by atoms with Gasteiger partial charge in [-0.15, -0.1) is 0 Å². The molecule has 2 rings (SSSR count). The summed E-state index contributed by atoms with van der Waals surface area (Å²) in [4.78, 5) is 13.7. The lowest BCUT2D eigenvalue weighted by atomic mass is 10.2. The Morgan fingerprint density at radius 1 is 1.13 bits per heavy atom. The van der Waals surface area contributed by atoms with Crippen LogP contribution in [-0.4, -0.2) is 26.6 Å². The van der Waals surface area contributed by atoms with Crippen LogP contribution in [-0.2, 0) is 11.3 Å². The van der Waals surface area contributed by atoms with Crippen molar-refractivity contribution in [2.75, 3.05) is 25.6 Å². The first kappa shape index (κ1) is 16.7. The van der Waals surface area contributed by atoms with E-state index in [-0.39, 0.29) is 18.3 Å². The number of ether oxygens (including phenoxy) is 1. The Morgan fingerprint density at radius 2 is 1.83 bits per heavy atom. The molecule has 0 bridgehead atoms. The maximum absolute atomic E-state index is 13.4. The molecule has 2 aromatic rings. The van der Waals surface area contributed by atoms with E-state index in [1.165, 1.54) is 0 Å². The van der Waals surface area contributed by atoms with Gasteiger partial charge in [0.25, 0.3) is 5.91 Å². The van der Waals surface area contributed by atoms with Crippen LogP contribution in [0.25, 0.3) is 0 Å². The minimum Gasteiger partial charge on any atom is -0.481 e. The van der Waals surface area contributed by atoms with E-state index in [2.05, 4.69) is 5.32 Å². The maximum atomic E-state index is 13.4. The van der Waals surface area contributed by atoms with Gasteiger partial charge in [-0.2, -0.15) is 0 Å². The van der Waals surface area contributed by atoms with Crippen molar-refractivity contribution in [3.8, 4) is 5.75 Å². The summed E-state index contributed by atoms with van der Waals surface area (Å²) in [5.74, 6) is -2.07. The highest BCUT2D eigenvalue weighted by molar-refractivity contribution is 5.77. The van der Waals surface area contributed by atoms with Gasteiger partial charge in [-0.05, 0) is 29.8 Å². The highest BCUT2D eigenvalue weighted by atomic mass is 19.1. The van der Waals surface area contributed by atoms with Gasteiger partial charge in [-0.25, -0.2) is 8.78 Å². The molecule has 23 heavy (non-hydrogen) atoms. The number of benzene rings is 2. The number of hydrogen-bond acceptors (Lipinski definition) is 3. The predicted octanol–water partition coefficient (Wildman–Crippen LogP) is 2.73. The molecule has 0 unspecified atom stereocenters. The second-order valence-electron chi connectivity index (χ2n) is 5.20. The smallest absolute Gasteiger partial charge is 0.258 e. The number of anilines is 1. The fraction of sp³-hybridized carbons (Fsp3) is 0.235. The Kier molecular flexibility index (Phi) is 5.51.